The molecule has 1 heterocycles. The number of halogens is 1. The van der Waals surface area contributed by atoms with Crippen molar-refractivity contribution < 1.29 is 9.59 Å². The second-order valence-corrected chi connectivity index (χ2v) is 10.5. The zero-order valence-electron chi connectivity index (χ0n) is 18.7. The molecule has 30 heavy (non-hydrogen) atoms. The minimum absolute atomic E-state index is 0.00239. The lowest BCUT2D eigenvalue weighted by Crippen LogP contribution is -2.63. The quantitative estimate of drug-likeness (QED) is 0.734. The van der Waals surface area contributed by atoms with Gasteiger partial charge in [0, 0.05) is 35.0 Å². The van der Waals surface area contributed by atoms with Gasteiger partial charge in [-0.25, -0.2) is 0 Å². The molecule has 0 bridgehead atoms. The van der Waals surface area contributed by atoms with Crippen LogP contribution < -0.4 is 11.1 Å². The van der Waals surface area contributed by atoms with Crippen molar-refractivity contribution in [2.75, 3.05) is 13.1 Å². The maximum atomic E-state index is 13.4. The zero-order valence-corrected chi connectivity index (χ0v) is 19.5. The molecule has 6 heteroatoms. The highest BCUT2D eigenvalue weighted by atomic mass is 35.5. The van der Waals surface area contributed by atoms with Gasteiger partial charge in [-0.05, 0) is 42.9 Å². The third kappa shape index (κ3) is 4.52. The predicted molar refractivity (Wildman–Crippen MR) is 121 cm³/mol. The number of carbonyl (C=O) groups excluding carboxylic acids is 2. The molecule has 1 aliphatic heterocycles. The number of hydrogen-bond donors (Lipinski definition) is 2. The van der Waals surface area contributed by atoms with Gasteiger partial charge in [0.25, 0.3) is 0 Å². The summed E-state index contributed by atoms with van der Waals surface area (Å²) in [5.41, 5.74) is 7.09. The molecule has 166 valence electrons. The molecule has 0 aromatic heterocycles. The zero-order chi connectivity index (χ0) is 22.1. The van der Waals surface area contributed by atoms with Crippen LogP contribution in [0.5, 0.6) is 0 Å². The van der Waals surface area contributed by atoms with Crippen molar-refractivity contribution in [3.8, 4) is 0 Å². The number of carbonyl (C=O) groups is 2. The Balaban J connectivity index is 1.73. The molecule has 1 saturated heterocycles. The Bertz CT molecular complexity index is 771. The summed E-state index contributed by atoms with van der Waals surface area (Å²) in [4.78, 5) is 28.0. The molecule has 2 atom stereocenters. The summed E-state index contributed by atoms with van der Waals surface area (Å²) in [5, 5.41) is 3.75. The van der Waals surface area contributed by atoms with E-state index in [1.807, 2.05) is 43.0 Å². The van der Waals surface area contributed by atoms with Gasteiger partial charge in [-0.1, -0.05) is 64.3 Å². The van der Waals surface area contributed by atoms with Crippen LogP contribution >= 0.6 is 11.6 Å². The van der Waals surface area contributed by atoms with Crippen LogP contribution in [0.15, 0.2) is 24.3 Å². The summed E-state index contributed by atoms with van der Waals surface area (Å²) in [6.07, 6.45) is 4.72. The lowest BCUT2D eigenvalue weighted by atomic mass is 9.64. The van der Waals surface area contributed by atoms with Crippen molar-refractivity contribution in [3.63, 3.8) is 0 Å². The van der Waals surface area contributed by atoms with E-state index in [1.165, 1.54) is 0 Å². The van der Waals surface area contributed by atoms with Crippen LogP contribution in [-0.2, 0) is 15.1 Å². The molecular formula is C24H36ClN3O2. The summed E-state index contributed by atoms with van der Waals surface area (Å²) in [6.45, 7) is 9.34. The number of benzene rings is 1. The summed E-state index contributed by atoms with van der Waals surface area (Å²) in [7, 11) is 0. The number of nitrogens with one attached hydrogen (secondary N) is 1. The summed E-state index contributed by atoms with van der Waals surface area (Å²) in [6, 6.07) is 7.22. The lowest BCUT2D eigenvalue weighted by Gasteiger charge is -2.52. The van der Waals surface area contributed by atoms with E-state index in [2.05, 4.69) is 19.2 Å². The Morgan fingerprint density at radius 1 is 1.17 bits per heavy atom. The van der Waals surface area contributed by atoms with Crippen LogP contribution in [0.4, 0.5) is 0 Å². The van der Waals surface area contributed by atoms with Crippen molar-refractivity contribution in [3.05, 3.63) is 34.9 Å². The first-order valence-corrected chi connectivity index (χ1v) is 11.6. The normalized spacial score (nSPS) is 25.4. The minimum Gasteiger partial charge on any atom is -0.344 e. The van der Waals surface area contributed by atoms with Gasteiger partial charge in [0.1, 0.15) is 6.04 Å². The Morgan fingerprint density at radius 2 is 1.77 bits per heavy atom. The molecule has 1 unspecified atom stereocenters. The van der Waals surface area contributed by atoms with Crippen LogP contribution in [0.2, 0.25) is 5.02 Å². The Hall–Kier alpha value is -1.59. The number of piperidine rings is 1. The maximum absolute atomic E-state index is 13.4. The van der Waals surface area contributed by atoms with E-state index in [1.54, 1.807) is 0 Å². The molecule has 3 rings (SSSR count). The van der Waals surface area contributed by atoms with Crippen LogP contribution in [-0.4, -0.2) is 35.8 Å². The Kier molecular flexibility index (Phi) is 6.83. The number of amides is 2. The van der Waals surface area contributed by atoms with Gasteiger partial charge in [-0.2, -0.15) is 0 Å². The summed E-state index contributed by atoms with van der Waals surface area (Å²) in [5.74, 6) is 0.123. The Morgan fingerprint density at radius 3 is 2.30 bits per heavy atom. The fraction of sp³-hybridized carbons (Fsp3) is 0.667. The second kappa shape index (κ2) is 8.88. The summed E-state index contributed by atoms with van der Waals surface area (Å²) >= 11 is 6.06. The van der Waals surface area contributed by atoms with Crippen molar-refractivity contribution in [1.82, 2.24) is 10.2 Å². The maximum Gasteiger partial charge on any atom is 0.245 e. The SMILES string of the molecule is CC(C)[C@@H](NC(=O)C1CCCC1)C(=O)N1CCC(N)(c2ccc(Cl)cc2)C(C)(C)C1. The number of hydrogen-bond acceptors (Lipinski definition) is 3. The topological polar surface area (TPSA) is 75.4 Å². The third-order valence-electron chi connectivity index (χ3n) is 7.20. The van der Waals surface area contributed by atoms with Gasteiger partial charge in [-0.15, -0.1) is 0 Å². The average Bonchev–Trinajstić information content (AvgIpc) is 3.22. The van der Waals surface area contributed by atoms with Gasteiger partial charge < -0.3 is 16.0 Å². The molecule has 1 saturated carbocycles. The van der Waals surface area contributed by atoms with Gasteiger partial charge in [0.05, 0.1) is 0 Å². The van der Waals surface area contributed by atoms with E-state index in [4.69, 9.17) is 17.3 Å². The third-order valence-corrected chi connectivity index (χ3v) is 7.45. The van der Waals surface area contributed by atoms with Gasteiger partial charge >= 0.3 is 0 Å². The van der Waals surface area contributed by atoms with E-state index in [-0.39, 0.29) is 29.1 Å². The first-order chi connectivity index (χ1) is 14.0. The van der Waals surface area contributed by atoms with Crippen LogP contribution in [0.25, 0.3) is 0 Å². The minimum atomic E-state index is -0.547. The molecule has 1 aromatic rings. The smallest absolute Gasteiger partial charge is 0.245 e. The monoisotopic (exact) mass is 433 g/mol. The standard InChI is InChI=1S/C24H36ClN3O2/c1-16(2)20(27-21(29)17-7-5-6-8-17)22(30)28-14-13-24(26,23(3,4)15-28)18-9-11-19(25)12-10-18/h9-12,16-17,20H,5-8,13-15,26H2,1-4H3,(H,27,29)/t20-,24?/m1/s1. The lowest BCUT2D eigenvalue weighted by molar-refractivity contribution is -0.143. The molecule has 0 spiro atoms. The van der Waals surface area contributed by atoms with E-state index in [0.717, 1.165) is 31.2 Å². The van der Waals surface area contributed by atoms with E-state index in [0.29, 0.717) is 24.5 Å². The highest BCUT2D eigenvalue weighted by Gasteiger charge is 2.49. The van der Waals surface area contributed by atoms with Crippen LogP contribution in [0.1, 0.15) is 65.4 Å². The number of rotatable bonds is 5. The van der Waals surface area contributed by atoms with E-state index < -0.39 is 11.6 Å². The molecular weight excluding hydrogens is 398 g/mol. The number of nitrogens with zero attached hydrogens (tertiary/aromatic N) is 1. The van der Waals surface area contributed by atoms with E-state index in [9.17, 15) is 9.59 Å². The number of nitrogens with two attached hydrogens (primary N) is 1. The van der Waals surface area contributed by atoms with Crippen LogP contribution in [0.3, 0.4) is 0 Å². The van der Waals surface area contributed by atoms with Gasteiger partial charge in [-0.3, -0.25) is 9.59 Å². The first-order valence-electron chi connectivity index (χ1n) is 11.2. The van der Waals surface area contributed by atoms with Crippen molar-refractivity contribution in [2.24, 2.45) is 23.0 Å². The molecule has 0 radical (unpaired) electrons. The Labute approximate surface area is 185 Å². The molecule has 5 nitrogen and oxygen atoms in total. The van der Waals surface area contributed by atoms with Crippen molar-refractivity contribution in [1.29, 1.82) is 0 Å². The predicted octanol–water partition coefficient (Wildman–Crippen LogP) is 4.08. The highest BCUT2D eigenvalue weighted by molar-refractivity contribution is 6.30. The molecule has 2 aliphatic rings. The molecule has 2 amide bonds. The highest BCUT2D eigenvalue weighted by Crippen LogP contribution is 2.44. The molecule has 3 N–H and O–H groups in total. The van der Waals surface area contributed by atoms with Crippen molar-refractivity contribution in [2.45, 2.75) is 71.4 Å². The molecule has 1 aliphatic carbocycles. The van der Waals surface area contributed by atoms with Crippen LogP contribution in [0, 0.1) is 17.3 Å². The van der Waals surface area contributed by atoms with Gasteiger partial charge in [0.2, 0.25) is 11.8 Å². The molecule has 1 aromatic carbocycles. The first kappa shape index (κ1) is 23.1. The van der Waals surface area contributed by atoms with Gasteiger partial charge in [0.15, 0.2) is 0 Å². The number of likely N-dealkylation sites (tertiary alicyclic amines) is 1. The second-order valence-electron chi connectivity index (χ2n) is 10.1. The van der Waals surface area contributed by atoms with Crippen molar-refractivity contribution >= 4 is 23.4 Å². The average molecular weight is 434 g/mol. The fourth-order valence-electron chi connectivity index (χ4n) is 4.99. The van der Waals surface area contributed by atoms with E-state index >= 15 is 0 Å². The molecule has 2 fully saturated rings. The fourth-order valence-corrected chi connectivity index (χ4v) is 5.11. The largest absolute Gasteiger partial charge is 0.344 e. The summed E-state index contributed by atoms with van der Waals surface area (Å²) < 4.78 is 0.